The van der Waals surface area contributed by atoms with Gasteiger partial charge < -0.3 is 5.32 Å². The van der Waals surface area contributed by atoms with Crippen molar-refractivity contribution in [3.05, 3.63) is 64.7 Å². The number of amides is 1. The van der Waals surface area contributed by atoms with Crippen LogP contribution in [0.2, 0.25) is 0 Å². The molecule has 0 saturated heterocycles. The maximum Gasteiger partial charge on any atom is 0.241 e. The van der Waals surface area contributed by atoms with Crippen LogP contribution in [0.4, 0.5) is 5.69 Å². The van der Waals surface area contributed by atoms with Gasteiger partial charge in [-0.15, -0.1) is 0 Å². The van der Waals surface area contributed by atoms with Gasteiger partial charge in [-0.1, -0.05) is 30.3 Å². The zero-order valence-electron chi connectivity index (χ0n) is 16.7. The van der Waals surface area contributed by atoms with E-state index in [4.69, 9.17) is 0 Å². The average Bonchev–Trinajstić information content (AvgIpc) is 2.64. The number of hydrogen-bond acceptors (Lipinski definition) is 3. The van der Waals surface area contributed by atoms with Gasteiger partial charge in [-0.05, 0) is 73.9 Å². The predicted molar refractivity (Wildman–Crippen MR) is 113 cm³/mol. The zero-order valence-corrected chi connectivity index (χ0v) is 17.6. The number of hydrogen-bond donors (Lipinski definition) is 1. The Hall–Kier alpha value is -2.34. The highest BCUT2D eigenvalue weighted by Crippen LogP contribution is 2.25. The number of aryl methyl sites for hydroxylation is 3. The molecule has 28 heavy (non-hydrogen) atoms. The first-order valence-electron chi connectivity index (χ1n) is 9.69. The molecule has 2 aromatic carbocycles. The Bertz CT molecular complexity index is 969. The van der Waals surface area contributed by atoms with Crippen LogP contribution < -0.4 is 9.62 Å². The third-order valence-electron chi connectivity index (χ3n) is 5.23. The summed E-state index contributed by atoms with van der Waals surface area (Å²) in [6.07, 6.45) is 5.76. The number of carbonyl (C=O) groups is 1. The van der Waals surface area contributed by atoms with Crippen molar-refractivity contribution in [1.29, 1.82) is 0 Å². The Labute approximate surface area is 167 Å². The van der Waals surface area contributed by atoms with E-state index in [1.807, 2.05) is 19.9 Å². The van der Waals surface area contributed by atoms with Gasteiger partial charge >= 0.3 is 0 Å². The summed E-state index contributed by atoms with van der Waals surface area (Å²) in [6.45, 7) is 3.58. The molecule has 1 aliphatic carbocycles. The summed E-state index contributed by atoms with van der Waals surface area (Å²) in [5, 5.41) is 2.94. The van der Waals surface area contributed by atoms with E-state index in [1.54, 1.807) is 18.2 Å². The van der Waals surface area contributed by atoms with Crippen LogP contribution in [0.15, 0.2) is 42.5 Å². The normalized spacial score (nSPS) is 14.8. The first kappa shape index (κ1) is 20.4. The molecule has 0 aliphatic heterocycles. The molecule has 5 nitrogen and oxygen atoms in total. The van der Waals surface area contributed by atoms with Crippen molar-refractivity contribution >= 4 is 21.6 Å². The second-order valence-corrected chi connectivity index (χ2v) is 9.54. The van der Waals surface area contributed by atoms with Crippen molar-refractivity contribution in [1.82, 2.24) is 5.32 Å². The minimum Gasteiger partial charge on any atom is -0.348 e. The third kappa shape index (κ3) is 4.93. The molecular formula is C22H28N2O3S. The number of nitrogens with zero attached hydrogens (tertiary/aromatic N) is 1. The summed E-state index contributed by atoms with van der Waals surface area (Å²) < 4.78 is 25.6. The summed E-state index contributed by atoms with van der Waals surface area (Å²) in [6, 6.07) is 13.4. The second-order valence-electron chi connectivity index (χ2n) is 7.63. The molecule has 1 N–H and O–H groups in total. The monoisotopic (exact) mass is 400 g/mol. The molecule has 0 saturated carbocycles. The predicted octanol–water partition coefficient (Wildman–Crippen LogP) is 3.52. The van der Waals surface area contributed by atoms with Gasteiger partial charge in [-0.2, -0.15) is 0 Å². The largest absolute Gasteiger partial charge is 0.348 e. The lowest BCUT2D eigenvalue weighted by Gasteiger charge is -2.24. The number of nitrogens with one attached hydrogen (secondary N) is 1. The molecule has 1 aliphatic rings. The maximum atomic E-state index is 12.6. The zero-order chi connectivity index (χ0) is 20.3. The van der Waals surface area contributed by atoms with E-state index >= 15 is 0 Å². The molecule has 0 aromatic heterocycles. The van der Waals surface area contributed by atoms with Crippen molar-refractivity contribution in [2.75, 3.05) is 17.1 Å². The van der Waals surface area contributed by atoms with Gasteiger partial charge in [-0.3, -0.25) is 9.10 Å². The topological polar surface area (TPSA) is 66.5 Å². The fourth-order valence-corrected chi connectivity index (χ4v) is 4.55. The van der Waals surface area contributed by atoms with Crippen molar-refractivity contribution in [3.63, 3.8) is 0 Å². The molecule has 0 radical (unpaired) electrons. The molecule has 0 heterocycles. The summed E-state index contributed by atoms with van der Waals surface area (Å²) in [7, 11) is -3.57. The smallest absolute Gasteiger partial charge is 0.241 e. The van der Waals surface area contributed by atoms with Crippen molar-refractivity contribution in [3.8, 4) is 0 Å². The van der Waals surface area contributed by atoms with E-state index in [-0.39, 0.29) is 18.5 Å². The molecule has 1 amide bonds. The first-order valence-corrected chi connectivity index (χ1v) is 11.5. The van der Waals surface area contributed by atoms with Gasteiger partial charge in [0.2, 0.25) is 15.9 Å². The van der Waals surface area contributed by atoms with Crippen LogP contribution in [-0.4, -0.2) is 27.1 Å². The molecule has 6 heteroatoms. The van der Waals surface area contributed by atoms with Crippen LogP contribution in [0, 0.1) is 6.92 Å². The number of fused-ring (bicyclic) bond motifs is 1. The minimum absolute atomic E-state index is 0.182. The van der Waals surface area contributed by atoms with E-state index in [1.165, 1.54) is 24.0 Å². The van der Waals surface area contributed by atoms with Gasteiger partial charge in [0.25, 0.3) is 0 Å². The summed E-state index contributed by atoms with van der Waals surface area (Å²) in [5.74, 6) is -0.322. The molecule has 2 aromatic rings. The maximum absolute atomic E-state index is 12.6. The Kier molecular flexibility index (Phi) is 6.08. The summed E-state index contributed by atoms with van der Waals surface area (Å²) >= 11 is 0. The molecule has 3 rings (SSSR count). The van der Waals surface area contributed by atoms with E-state index < -0.39 is 10.0 Å². The van der Waals surface area contributed by atoms with Gasteiger partial charge in [-0.25, -0.2) is 8.42 Å². The van der Waals surface area contributed by atoms with Crippen molar-refractivity contribution in [2.45, 2.75) is 45.6 Å². The second kappa shape index (κ2) is 8.35. The molecule has 0 spiro atoms. The van der Waals surface area contributed by atoms with Gasteiger partial charge in [0.05, 0.1) is 18.0 Å². The highest BCUT2D eigenvalue weighted by molar-refractivity contribution is 7.92. The molecule has 0 bridgehead atoms. The third-order valence-corrected chi connectivity index (χ3v) is 6.37. The minimum atomic E-state index is -3.57. The van der Waals surface area contributed by atoms with E-state index in [0.717, 1.165) is 34.5 Å². The number of sulfonamides is 1. The average molecular weight is 401 g/mol. The fourth-order valence-electron chi connectivity index (χ4n) is 3.71. The van der Waals surface area contributed by atoms with Crippen LogP contribution in [0.3, 0.4) is 0 Å². The summed E-state index contributed by atoms with van der Waals surface area (Å²) in [4.78, 5) is 12.6. The van der Waals surface area contributed by atoms with E-state index in [2.05, 4.69) is 23.5 Å². The number of carbonyl (C=O) groups excluding carboxylic acids is 1. The highest BCUT2D eigenvalue weighted by Gasteiger charge is 2.22. The Morgan fingerprint density at radius 3 is 2.50 bits per heavy atom. The number of benzene rings is 2. The van der Waals surface area contributed by atoms with Crippen LogP contribution in [-0.2, 0) is 27.7 Å². The van der Waals surface area contributed by atoms with Gasteiger partial charge in [0.1, 0.15) is 6.54 Å². The van der Waals surface area contributed by atoms with Crippen LogP contribution >= 0.6 is 0 Å². The van der Waals surface area contributed by atoms with Gasteiger partial charge in [0, 0.05) is 0 Å². The van der Waals surface area contributed by atoms with E-state index in [9.17, 15) is 13.2 Å². The van der Waals surface area contributed by atoms with E-state index in [0.29, 0.717) is 5.69 Å². The Morgan fingerprint density at radius 1 is 1.11 bits per heavy atom. The molecule has 1 unspecified atom stereocenters. The molecular weight excluding hydrogens is 372 g/mol. The standard InChI is InChI=1S/C22H28N2O3S/c1-16-7-6-10-21(13-16)24(28(3,26)27)15-22(25)23-17(2)19-12-11-18-8-4-5-9-20(18)14-19/h6-7,10-14,17H,4-5,8-9,15H2,1-3H3,(H,23,25). The fraction of sp³-hybridized carbons (Fsp3) is 0.409. The molecule has 0 fully saturated rings. The lowest BCUT2D eigenvalue weighted by Crippen LogP contribution is -2.41. The molecule has 150 valence electrons. The van der Waals surface area contributed by atoms with Gasteiger partial charge in [0.15, 0.2) is 0 Å². The Balaban J connectivity index is 1.72. The summed E-state index contributed by atoms with van der Waals surface area (Å²) in [5.41, 5.74) is 5.25. The van der Waals surface area contributed by atoms with Crippen molar-refractivity contribution < 1.29 is 13.2 Å². The Morgan fingerprint density at radius 2 is 1.82 bits per heavy atom. The highest BCUT2D eigenvalue weighted by atomic mass is 32.2. The number of rotatable bonds is 6. The lowest BCUT2D eigenvalue weighted by molar-refractivity contribution is -0.120. The number of anilines is 1. The first-order chi connectivity index (χ1) is 13.2. The van der Waals surface area contributed by atoms with Crippen LogP contribution in [0.25, 0.3) is 0 Å². The van der Waals surface area contributed by atoms with Crippen LogP contribution in [0.5, 0.6) is 0 Å². The quantitative estimate of drug-likeness (QED) is 0.807. The SMILES string of the molecule is Cc1cccc(N(CC(=O)NC(C)c2ccc3c(c2)CCCC3)S(C)(=O)=O)c1. The van der Waals surface area contributed by atoms with Crippen LogP contribution in [0.1, 0.15) is 48.1 Å². The van der Waals surface area contributed by atoms with Crippen molar-refractivity contribution in [2.24, 2.45) is 0 Å². The molecule has 1 atom stereocenters. The lowest BCUT2D eigenvalue weighted by atomic mass is 9.89.